The number of fused-ring (bicyclic) bond motifs is 1. The number of nitrogens with zero attached hydrogens (tertiary/aromatic N) is 1. The van der Waals surface area contributed by atoms with Gasteiger partial charge < -0.3 is 0 Å². The highest BCUT2D eigenvalue weighted by Gasteiger charge is 2.15. The van der Waals surface area contributed by atoms with Gasteiger partial charge in [-0.15, -0.1) is 11.3 Å². The van der Waals surface area contributed by atoms with Crippen molar-refractivity contribution in [2.45, 2.75) is 13.0 Å². The SMILES string of the molecule is Cc1ccc(C(NN)c2cnc3ccccc3c2)s1. The van der Waals surface area contributed by atoms with Crippen LogP contribution in [0.4, 0.5) is 0 Å². The zero-order valence-electron chi connectivity index (χ0n) is 10.6. The number of benzene rings is 1. The fourth-order valence-electron chi connectivity index (χ4n) is 2.20. The van der Waals surface area contributed by atoms with E-state index in [4.69, 9.17) is 5.84 Å². The van der Waals surface area contributed by atoms with Crippen LogP contribution in [0.15, 0.2) is 48.7 Å². The van der Waals surface area contributed by atoms with E-state index in [2.05, 4.69) is 41.6 Å². The minimum absolute atomic E-state index is 0.00388. The first-order valence-corrected chi connectivity index (χ1v) is 6.97. The van der Waals surface area contributed by atoms with Gasteiger partial charge in [-0.3, -0.25) is 10.8 Å². The first-order valence-electron chi connectivity index (χ1n) is 6.15. The van der Waals surface area contributed by atoms with Crippen molar-refractivity contribution < 1.29 is 0 Å². The molecule has 0 fully saturated rings. The number of hydrazine groups is 1. The Labute approximate surface area is 116 Å². The fourth-order valence-corrected chi connectivity index (χ4v) is 3.16. The highest BCUT2D eigenvalue weighted by atomic mass is 32.1. The molecule has 3 rings (SSSR count). The number of nitrogens with two attached hydrogens (primary N) is 1. The van der Waals surface area contributed by atoms with Gasteiger partial charge in [0.25, 0.3) is 0 Å². The van der Waals surface area contributed by atoms with Gasteiger partial charge in [0, 0.05) is 21.3 Å². The number of hydrogen-bond donors (Lipinski definition) is 2. The molecule has 19 heavy (non-hydrogen) atoms. The third-order valence-electron chi connectivity index (χ3n) is 3.16. The van der Waals surface area contributed by atoms with Gasteiger partial charge >= 0.3 is 0 Å². The largest absolute Gasteiger partial charge is 0.271 e. The smallest absolute Gasteiger partial charge is 0.0817 e. The van der Waals surface area contributed by atoms with Crippen LogP contribution >= 0.6 is 11.3 Å². The summed E-state index contributed by atoms with van der Waals surface area (Å²) in [6.07, 6.45) is 1.89. The molecular weight excluding hydrogens is 254 g/mol. The van der Waals surface area contributed by atoms with Gasteiger partial charge in [0.05, 0.1) is 11.6 Å². The predicted octanol–water partition coefficient (Wildman–Crippen LogP) is 3.16. The molecule has 1 unspecified atom stereocenters. The predicted molar refractivity (Wildman–Crippen MR) is 80.0 cm³/mol. The Morgan fingerprint density at radius 2 is 2.05 bits per heavy atom. The van der Waals surface area contributed by atoms with Crippen LogP contribution in [0.2, 0.25) is 0 Å². The molecule has 0 saturated carbocycles. The van der Waals surface area contributed by atoms with Crippen molar-refractivity contribution in [3.8, 4) is 0 Å². The lowest BCUT2D eigenvalue weighted by Gasteiger charge is -2.14. The lowest BCUT2D eigenvalue weighted by molar-refractivity contribution is 0.645. The van der Waals surface area contributed by atoms with E-state index in [1.54, 1.807) is 11.3 Å². The monoisotopic (exact) mass is 269 g/mol. The molecule has 4 heteroatoms. The van der Waals surface area contributed by atoms with Crippen LogP contribution in [0.3, 0.4) is 0 Å². The summed E-state index contributed by atoms with van der Waals surface area (Å²) < 4.78 is 0. The molecule has 0 amide bonds. The summed E-state index contributed by atoms with van der Waals surface area (Å²) in [6, 6.07) is 14.5. The molecule has 96 valence electrons. The highest BCUT2D eigenvalue weighted by Crippen LogP contribution is 2.28. The Morgan fingerprint density at radius 3 is 2.79 bits per heavy atom. The van der Waals surface area contributed by atoms with E-state index in [0.29, 0.717) is 0 Å². The van der Waals surface area contributed by atoms with Crippen LogP contribution in [-0.2, 0) is 0 Å². The molecule has 0 bridgehead atoms. The van der Waals surface area contributed by atoms with Crippen LogP contribution in [0.5, 0.6) is 0 Å². The topological polar surface area (TPSA) is 50.9 Å². The van der Waals surface area contributed by atoms with Gasteiger partial charge in [-0.1, -0.05) is 18.2 Å². The van der Waals surface area contributed by atoms with Gasteiger partial charge in [-0.25, -0.2) is 5.43 Å². The zero-order valence-corrected chi connectivity index (χ0v) is 11.4. The molecular formula is C15H15N3S. The first-order chi connectivity index (χ1) is 9.28. The van der Waals surface area contributed by atoms with Crippen molar-refractivity contribution >= 4 is 22.2 Å². The van der Waals surface area contributed by atoms with Crippen molar-refractivity contribution in [3.63, 3.8) is 0 Å². The third-order valence-corrected chi connectivity index (χ3v) is 4.22. The summed E-state index contributed by atoms with van der Waals surface area (Å²) in [6.45, 7) is 2.10. The molecule has 2 heterocycles. The van der Waals surface area contributed by atoms with Crippen LogP contribution in [0, 0.1) is 6.92 Å². The van der Waals surface area contributed by atoms with Crippen molar-refractivity contribution in [1.29, 1.82) is 0 Å². The Hall–Kier alpha value is -1.75. The molecule has 0 saturated heterocycles. The van der Waals surface area contributed by atoms with Gasteiger partial charge in [0.15, 0.2) is 0 Å². The van der Waals surface area contributed by atoms with E-state index in [-0.39, 0.29) is 6.04 Å². The van der Waals surface area contributed by atoms with E-state index >= 15 is 0 Å². The number of aromatic nitrogens is 1. The van der Waals surface area contributed by atoms with Crippen molar-refractivity contribution in [2.24, 2.45) is 5.84 Å². The summed E-state index contributed by atoms with van der Waals surface area (Å²) in [5.74, 6) is 5.72. The normalized spacial score (nSPS) is 12.7. The van der Waals surface area contributed by atoms with Crippen LogP contribution < -0.4 is 11.3 Å². The quantitative estimate of drug-likeness (QED) is 0.567. The maximum atomic E-state index is 5.72. The molecule has 0 aliphatic carbocycles. The third kappa shape index (κ3) is 2.38. The summed E-state index contributed by atoms with van der Waals surface area (Å²) in [4.78, 5) is 6.98. The molecule has 0 aliphatic rings. The summed E-state index contributed by atoms with van der Waals surface area (Å²) in [5, 5.41) is 1.13. The molecule has 0 radical (unpaired) electrons. The van der Waals surface area contributed by atoms with Crippen LogP contribution in [0.25, 0.3) is 10.9 Å². The molecule has 3 aromatic rings. The van der Waals surface area contributed by atoms with E-state index in [1.807, 2.05) is 24.4 Å². The number of aryl methyl sites for hydroxylation is 1. The van der Waals surface area contributed by atoms with Gasteiger partial charge in [0.1, 0.15) is 0 Å². The van der Waals surface area contributed by atoms with Crippen LogP contribution in [0.1, 0.15) is 21.4 Å². The standard InChI is InChI=1S/C15H15N3S/c1-10-6-7-14(19-10)15(18-16)12-8-11-4-2-3-5-13(11)17-9-12/h2-9,15,18H,16H2,1H3. The summed E-state index contributed by atoms with van der Waals surface area (Å²) >= 11 is 1.75. The zero-order chi connectivity index (χ0) is 13.2. The first kappa shape index (κ1) is 12.3. The van der Waals surface area contributed by atoms with Gasteiger partial charge in [-0.2, -0.15) is 0 Å². The molecule has 1 atom stereocenters. The second-order valence-electron chi connectivity index (χ2n) is 4.51. The number of rotatable bonds is 3. The lowest BCUT2D eigenvalue weighted by atomic mass is 10.1. The molecule has 3 nitrogen and oxygen atoms in total. The number of nitrogens with one attached hydrogen (secondary N) is 1. The van der Waals surface area contributed by atoms with E-state index in [9.17, 15) is 0 Å². The summed E-state index contributed by atoms with van der Waals surface area (Å²) in [7, 11) is 0. The minimum Gasteiger partial charge on any atom is -0.271 e. The Kier molecular flexibility index (Phi) is 3.29. The molecule has 3 N–H and O–H groups in total. The number of thiophene rings is 1. The summed E-state index contributed by atoms with van der Waals surface area (Å²) in [5.41, 5.74) is 4.97. The lowest BCUT2D eigenvalue weighted by Crippen LogP contribution is -2.28. The van der Waals surface area contributed by atoms with E-state index in [1.165, 1.54) is 9.75 Å². The van der Waals surface area contributed by atoms with E-state index in [0.717, 1.165) is 16.5 Å². The molecule has 0 spiro atoms. The molecule has 1 aromatic carbocycles. The average molecular weight is 269 g/mol. The maximum absolute atomic E-state index is 5.72. The van der Waals surface area contributed by atoms with Gasteiger partial charge in [0.2, 0.25) is 0 Å². The van der Waals surface area contributed by atoms with Crippen LogP contribution in [-0.4, -0.2) is 4.98 Å². The Balaban J connectivity index is 2.06. The minimum atomic E-state index is -0.00388. The Bertz CT molecular complexity index is 705. The second kappa shape index (κ2) is 5.09. The second-order valence-corrected chi connectivity index (χ2v) is 5.83. The molecule has 2 aromatic heterocycles. The number of pyridine rings is 1. The van der Waals surface area contributed by atoms with Crippen molar-refractivity contribution in [3.05, 3.63) is 64.0 Å². The highest BCUT2D eigenvalue weighted by molar-refractivity contribution is 7.12. The molecule has 0 aliphatic heterocycles. The fraction of sp³-hybridized carbons (Fsp3) is 0.133. The van der Waals surface area contributed by atoms with Crippen molar-refractivity contribution in [1.82, 2.24) is 10.4 Å². The van der Waals surface area contributed by atoms with E-state index < -0.39 is 0 Å². The average Bonchev–Trinajstić information content (AvgIpc) is 2.86. The Morgan fingerprint density at radius 1 is 1.21 bits per heavy atom. The maximum Gasteiger partial charge on any atom is 0.0817 e. The number of hydrogen-bond acceptors (Lipinski definition) is 4. The van der Waals surface area contributed by atoms with Gasteiger partial charge in [-0.05, 0) is 36.8 Å². The van der Waals surface area contributed by atoms with Crippen molar-refractivity contribution in [2.75, 3.05) is 0 Å². The number of para-hydroxylation sites is 1.